The van der Waals surface area contributed by atoms with Crippen LogP contribution in [0.4, 0.5) is 0 Å². The normalized spacial score (nSPS) is 11.4. The van der Waals surface area contributed by atoms with Crippen LogP contribution in [0.15, 0.2) is 24.3 Å². The summed E-state index contributed by atoms with van der Waals surface area (Å²) in [5.41, 5.74) is 0.941. The highest BCUT2D eigenvalue weighted by Crippen LogP contribution is 2.12. The van der Waals surface area contributed by atoms with Crippen molar-refractivity contribution in [2.45, 2.75) is 39.2 Å². The molecule has 4 heteroatoms. The molecule has 1 unspecified atom stereocenters. The molecule has 0 aliphatic rings. The van der Waals surface area contributed by atoms with Gasteiger partial charge in [0.25, 0.3) is 5.91 Å². The van der Waals surface area contributed by atoms with Crippen LogP contribution in [0.3, 0.4) is 0 Å². The zero-order valence-corrected chi connectivity index (χ0v) is 11.5. The van der Waals surface area contributed by atoms with Crippen LogP contribution in [0.1, 0.15) is 32.3 Å². The summed E-state index contributed by atoms with van der Waals surface area (Å²) in [7, 11) is 0. The van der Waals surface area contributed by atoms with E-state index in [1.807, 2.05) is 19.1 Å². The molecule has 0 aliphatic carbocycles. The van der Waals surface area contributed by atoms with Crippen molar-refractivity contribution in [2.75, 3.05) is 6.61 Å². The Labute approximate surface area is 114 Å². The molecule has 0 fully saturated rings. The molecule has 0 saturated heterocycles. The first-order chi connectivity index (χ1) is 9.15. The highest BCUT2D eigenvalue weighted by atomic mass is 16.5. The summed E-state index contributed by atoms with van der Waals surface area (Å²) in [6, 6.07) is 9.47. The Kier molecular flexibility index (Phi) is 6.45. The monoisotopic (exact) mass is 260 g/mol. The van der Waals surface area contributed by atoms with E-state index in [9.17, 15) is 4.79 Å². The first-order valence-electron chi connectivity index (χ1n) is 6.53. The second-order valence-corrected chi connectivity index (χ2v) is 4.52. The van der Waals surface area contributed by atoms with Crippen LogP contribution in [-0.2, 0) is 11.2 Å². The number of carbonyl (C=O) groups is 1. The van der Waals surface area contributed by atoms with Crippen LogP contribution in [-0.4, -0.2) is 18.6 Å². The van der Waals surface area contributed by atoms with Crippen LogP contribution in [0.25, 0.3) is 0 Å². The van der Waals surface area contributed by atoms with E-state index in [1.165, 1.54) is 0 Å². The fraction of sp³-hybridized carbons (Fsp3) is 0.467. The van der Waals surface area contributed by atoms with E-state index in [0.717, 1.165) is 18.4 Å². The molecule has 1 amide bonds. The second kappa shape index (κ2) is 8.15. The van der Waals surface area contributed by atoms with Crippen molar-refractivity contribution in [2.24, 2.45) is 0 Å². The molecule has 0 spiro atoms. The van der Waals surface area contributed by atoms with Crippen LogP contribution in [0, 0.1) is 11.3 Å². The first kappa shape index (κ1) is 15.0. The van der Waals surface area contributed by atoms with Gasteiger partial charge in [-0.15, -0.1) is 0 Å². The summed E-state index contributed by atoms with van der Waals surface area (Å²) in [5.74, 6) is 0.530. The van der Waals surface area contributed by atoms with Crippen molar-refractivity contribution in [1.82, 2.24) is 5.32 Å². The SMILES string of the molecule is CCCC(C)NC(=O)COc1ccc(CC#N)cc1. The van der Waals surface area contributed by atoms with Gasteiger partial charge in [0.15, 0.2) is 6.61 Å². The Balaban J connectivity index is 2.36. The fourth-order valence-corrected chi connectivity index (χ4v) is 1.77. The molecule has 102 valence electrons. The van der Waals surface area contributed by atoms with Crippen LogP contribution in [0.5, 0.6) is 5.75 Å². The predicted molar refractivity (Wildman–Crippen MR) is 73.8 cm³/mol. The number of carbonyl (C=O) groups excluding carboxylic acids is 1. The number of hydrogen-bond acceptors (Lipinski definition) is 3. The predicted octanol–water partition coefficient (Wildman–Crippen LogP) is 2.44. The number of amides is 1. The minimum absolute atomic E-state index is 0.0195. The molecule has 0 heterocycles. The maximum absolute atomic E-state index is 11.6. The minimum Gasteiger partial charge on any atom is -0.484 e. The summed E-state index contributed by atoms with van der Waals surface area (Å²) in [4.78, 5) is 11.6. The third-order valence-electron chi connectivity index (χ3n) is 2.71. The molecule has 19 heavy (non-hydrogen) atoms. The van der Waals surface area contributed by atoms with Gasteiger partial charge in [-0.25, -0.2) is 0 Å². The van der Waals surface area contributed by atoms with Crippen LogP contribution in [0.2, 0.25) is 0 Å². The third-order valence-corrected chi connectivity index (χ3v) is 2.71. The lowest BCUT2D eigenvalue weighted by atomic mass is 10.2. The summed E-state index contributed by atoms with van der Waals surface area (Å²) in [6.07, 6.45) is 2.40. The van der Waals surface area contributed by atoms with Crippen molar-refractivity contribution >= 4 is 5.91 Å². The topological polar surface area (TPSA) is 62.1 Å². The van der Waals surface area contributed by atoms with Gasteiger partial charge in [-0.3, -0.25) is 4.79 Å². The molecule has 4 nitrogen and oxygen atoms in total. The highest BCUT2D eigenvalue weighted by molar-refractivity contribution is 5.77. The highest BCUT2D eigenvalue weighted by Gasteiger charge is 2.07. The molecule has 0 aliphatic heterocycles. The lowest BCUT2D eigenvalue weighted by molar-refractivity contribution is -0.123. The average molecular weight is 260 g/mol. The summed E-state index contributed by atoms with van der Waals surface area (Å²) >= 11 is 0. The molecule has 1 aromatic rings. The summed E-state index contributed by atoms with van der Waals surface area (Å²) in [5, 5.41) is 11.4. The Bertz CT molecular complexity index is 434. The molecule has 1 rings (SSSR count). The van der Waals surface area contributed by atoms with Gasteiger partial charge < -0.3 is 10.1 Å². The largest absolute Gasteiger partial charge is 0.484 e. The maximum Gasteiger partial charge on any atom is 0.258 e. The second-order valence-electron chi connectivity index (χ2n) is 4.52. The number of benzene rings is 1. The Morgan fingerprint density at radius 1 is 1.42 bits per heavy atom. The molecule has 1 N–H and O–H groups in total. The van der Waals surface area contributed by atoms with Gasteiger partial charge in [-0.05, 0) is 31.0 Å². The molecule has 0 bridgehead atoms. The van der Waals surface area contributed by atoms with E-state index in [4.69, 9.17) is 10.00 Å². The number of rotatable bonds is 7. The number of hydrogen-bond donors (Lipinski definition) is 1. The molecule has 1 aromatic carbocycles. The van der Waals surface area contributed by atoms with E-state index < -0.39 is 0 Å². The number of ether oxygens (including phenoxy) is 1. The van der Waals surface area contributed by atoms with Crippen molar-refractivity contribution in [3.05, 3.63) is 29.8 Å². The molecule has 0 radical (unpaired) electrons. The molecule has 1 atom stereocenters. The van der Waals surface area contributed by atoms with Gasteiger partial charge >= 0.3 is 0 Å². The van der Waals surface area contributed by atoms with E-state index in [1.54, 1.807) is 12.1 Å². The zero-order chi connectivity index (χ0) is 14.1. The number of nitrogens with one attached hydrogen (secondary N) is 1. The molecule has 0 saturated carbocycles. The van der Waals surface area contributed by atoms with Gasteiger partial charge in [-0.1, -0.05) is 25.5 Å². The van der Waals surface area contributed by atoms with E-state index in [0.29, 0.717) is 12.2 Å². The van der Waals surface area contributed by atoms with E-state index >= 15 is 0 Å². The third kappa shape index (κ3) is 5.91. The van der Waals surface area contributed by atoms with Gasteiger partial charge in [0.2, 0.25) is 0 Å². The zero-order valence-electron chi connectivity index (χ0n) is 11.5. The van der Waals surface area contributed by atoms with Crippen molar-refractivity contribution in [3.8, 4) is 11.8 Å². The number of nitriles is 1. The summed E-state index contributed by atoms with van der Waals surface area (Å²) < 4.78 is 5.38. The number of nitrogens with zero attached hydrogens (tertiary/aromatic N) is 1. The Morgan fingerprint density at radius 2 is 2.11 bits per heavy atom. The van der Waals surface area contributed by atoms with Crippen LogP contribution >= 0.6 is 0 Å². The average Bonchev–Trinajstić information content (AvgIpc) is 2.38. The van der Waals surface area contributed by atoms with Crippen molar-refractivity contribution in [3.63, 3.8) is 0 Å². The van der Waals surface area contributed by atoms with Gasteiger partial charge in [0, 0.05) is 6.04 Å². The van der Waals surface area contributed by atoms with Crippen molar-refractivity contribution in [1.29, 1.82) is 5.26 Å². The van der Waals surface area contributed by atoms with Crippen LogP contribution < -0.4 is 10.1 Å². The Hall–Kier alpha value is -2.02. The lowest BCUT2D eigenvalue weighted by Gasteiger charge is -2.13. The van der Waals surface area contributed by atoms with E-state index in [-0.39, 0.29) is 18.6 Å². The van der Waals surface area contributed by atoms with Gasteiger partial charge in [0.05, 0.1) is 12.5 Å². The Morgan fingerprint density at radius 3 is 2.68 bits per heavy atom. The van der Waals surface area contributed by atoms with Crippen molar-refractivity contribution < 1.29 is 9.53 Å². The fourth-order valence-electron chi connectivity index (χ4n) is 1.77. The molecular weight excluding hydrogens is 240 g/mol. The van der Waals surface area contributed by atoms with E-state index in [2.05, 4.69) is 18.3 Å². The maximum atomic E-state index is 11.6. The lowest BCUT2D eigenvalue weighted by Crippen LogP contribution is -2.35. The summed E-state index contributed by atoms with van der Waals surface area (Å²) in [6.45, 7) is 4.09. The molecule has 0 aromatic heterocycles. The minimum atomic E-state index is -0.109. The quantitative estimate of drug-likeness (QED) is 0.819. The standard InChI is InChI=1S/C15H20N2O2/c1-3-4-12(2)17-15(18)11-19-14-7-5-13(6-8-14)9-10-16/h5-8,12H,3-4,9,11H2,1-2H3,(H,17,18). The smallest absolute Gasteiger partial charge is 0.258 e. The molecular formula is C15H20N2O2. The first-order valence-corrected chi connectivity index (χ1v) is 6.53. The van der Waals surface area contributed by atoms with Gasteiger partial charge in [0.1, 0.15) is 5.75 Å². The van der Waals surface area contributed by atoms with Gasteiger partial charge in [-0.2, -0.15) is 5.26 Å².